The molecule has 0 aromatic heterocycles. The second-order valence-electron chi connectivity index (χ2n) is 10.4. The Kier molecular flexibility index (Phi) is 18.5. The van der Waals surface area contributed by atoms with E-state index in [2.05, 4.69) is 39.2 Å². The minimum absolute atomic E-state index is 0.192. The highest BCUT2D eigenvalue weighted by Gasteiger charge is 2.36. The van der Waals surface area contributed by atoms with Gasteiger partial charge in [0.05, 0.1) is 102 Å². The second-order valence-corrected chi connectivity index (χ2v) is 15.2. The quantitative estimate of drug-likeness (QED) is 0.0738. The molecule has 0 aliphatic heterocycles. The zero-order valence-electron chi connectivity index (χ0n) is 25.0. The minimum atomic E-state index is -1.72. The van der Waals surface area contributed by atoms with Gasteiger partial charge >= 0.3 is 0 Å². The monoisotopic (exact) mass is 605 g/mol. The first-order valence-corrected chi connectivity index (χ1v) is 16.6. The van der Waals surface area contributed by atoms with Crippen molar-refractivity contribution in [1.29, 1.82) is 0 Å². The van der Waals surface area contributed by atoms with Gasteiger partial charge in [0.25, 0.3) is 11.4 Å². The Morgan fingerprint density at radius 3 is 1.49 bits per heavy atom. The molecule has 0 bridgehead atoms. The van der Waals surface area contributed by atoms with E-state index in [1.165, 1.54) is 12.1 Å². The fourth-order valence-electron chi connectivity index (χ4n) is 2.97. The Labute approximate surface area is 243 Å². The van der Waals surface area contributed by atoms with Crippen LogP contribution in [0.25, 0.3) is 0 Å². The summed E-state index contributed by atoms with van der Waals surface area (Å²) in [5.41, 5.74) is -0.507. The molecule has 14 nitrogen and oxygen atoms in total. The summed E-state index contributed by atoms with van der Waals surface area (Å²) < 4.78 is 38.8. The highest BCUT2D eigenvalue weighted by Crippen LogP contribution is 2.36. The number of benzene rings is 1. The lowest BCUT2D eigenvalue weighted by molar-refractivity contribution is -0.393. The molecule has 0 saturated carbocycles. The highest BCUT2D eigenvalue weighted by molar-refractivity contribution is 6.74. The molecule has 1 aromatic carbocycles. The van der Waals surface area contributed by atoms with Gasteiger partial charge in [-0.3, -0.25) is 20.2 Å². The lowest BCUT2D eigenvalue weighted by Gasteiger charge is -2.36. The SMILES string of the molecule is CC(C)(C)[Si](C)(C)OCCOCCOCCOCCOCCOCCOCCNc1ccc([N+](=O)[O-])cc1[N+](=O)[O-]. The molecule has 41 heavy (non-hydrogen) atoms. The summed E-state index contributed by atoms with van der Waals surface area (Å²) in [7, 11) is -1.72. The third-order valence-corrected chi connectivity index (χ3v) is 10.8. The third-order valence-electron chi connectivity index (χ3n) is 6.31. The molecule has 236 valence electrons. The van der Waals surface area contributed by atoms with Crippen molar-refractivity contribution >= 4 is 25.4 Å². The smallest absolute Gasteiger partial charge is 0.299 e. The first-order chi connectivity index (χ1) is 19.5. The van der Waals surface area contributed by atoms with Gasteiger partial charge < -0.3 is 38.2 Å². The van der Waals surface area contributed by atoms with Gasteiger partial charge in [-0.25, -0.2) is 0 Å². The van der Waals surface area contributed by atoms with Crippen molar-refractivity contribution in [2.75, 3.05) is 97.8 Å². The van der Waals surface area contributed by atoms with E-state index >= 15 is 0 Å². The molecule has 1 N–H and O–H groups in total. The van der Waals surface area contributed by atoms with Gasteiger partial charge in [0, 0.05) is 12.6 Å². The van der Waals surface area contributed by atoms with Crippen LogP contribution in [0.15, 0.2) is 18.2 Å². The molecule has 0 aliphatic rings. The molecule has 0 heterocycles. The van der Waals surface area contributed by atoms with Gasteiger partial charge in [-0.2, -0.15) is 0 Å². The van der Waals surface area contributed by atoms with E-state index in [1.807, 2.05) is 0 Å². The van der Waals surface area contributed by atoms with E-state index in [-0.39, 0.29) is 28.7 Å². The van der Waals surface area contributed by atoms with Crippen LogP contribution in [-0.4, -0.2) is 111 Å². The van der Waals surface area contributed by atoms with Crippen LogP contribution >= 0.6 is 0 Å². The summed E-state index contributed by atoms with van der Waals surface area (Å²) in [5, 5.41) is 25.0. The number of non-ortho nitro benzene ring substituents is 1. The Morgan fingerprint density at radius 1 is 0.683 bits per heavy atom. The molecule has 0 spiro atoms. The number of hydrogen-bond acceptors (Lipinski definition) is 12. The summed E-state index contributed by atoms with van der Waals surface area (Å²) in [6, 6.07) is 3.44. The predicted octanol–water partition coefficient (Wildman–Crippen LogP) is 4.04. The highest BCUT2D eigenvalue weighted by atomic mass is 28.4. The third kappa shape index (κ3) is 16.7. The van der Waals surface area contributed by atoms with Gasteiger partial charge in [0.15, 0.2) is 8.32 Å². The summed E-state index contributed by atoms with van der Waals surface area (Å²) >= 11 is 0. The summed E-state index contributed by atoms with van der Waals surface area (Å²) in [5.74, 6) is 0. The van der Waals surface area contributed by atoms with Crippen LogP contribution in [-0.2, 0) is 32.8 Å². The minimum Gasteiger partial charge on any atom is -0.414 e. The number of nitrogens with zero attached hydrogens (tertiary/aromatic N) is 2. The van der Waals surface area contributed by atoms with Crippen molar-refractivity contribution in [1.82, 2.24) is 0 Å². The predicted molar refractivity (Wildman–Crippen MR) is 156 cm³/mol. The molecule has 0 amide bonds. The van der Waals surface area contributed by atoms with Gasteiger partial charge in [-0.1, -0.05) is 20.8 Å². The maximum Gasteiger partial charge on any atom is 0.299 e. The van der Waals surface area contributed by atoms with Crippen LogP contribution in [0.3, 0.4) is 0 Å². The Bertz CT molecular complexity index is 885. The maximum absolute atomic E-state index is 11.1. The van der Waals surface area contributed by atoms with Crippen LogP contribution in [0, 0.1) is 20.2 Å². The van der Waals surface area contributed by atoms with E-state index in [1.54, 1.807) is 0 Å². The van der Waals surface area contributed by atoms with Crippen molar-refractivity contribution in [3.63, 3.8) is 0 Å². The number of hydrogen-bond donors (Lipinski definition) is 1. The van der Waals surface area contributed by atoms with Crippen molar-refractivity contribution in [2.45, 2.75) is 38.9 Å². The summed E-state index contributed by atoms with van der Waals surface area (Å²) in [6.45, 7) is 17.4. The standard InChI is InChI=1S/C26H47N3O11Si/c1-26(2,3)41(4,5)40-21-20-39-19-18-38-17-16-37-15-14-36-13-12-35-11-10-34-9-8-27-24-7-6-23(28(30)31)22-25(24)29(32)33/h6-7,22,27H,8-21H2,1-5H3. The van der Waals surface area contributed by atoms with Crippen molar-refractivity contribution in [2.24, 2.45) is 0 Å². The first kappa shape index (κ1) is 36.8. The zero-order valence-corrected chi connectivity index (χ0v) is 26.0. The molecule has 0 radical (unpaired) electrons. The van der Waals surface area contributed by atoms with Gasteiger partial charge in [0.1, 0.15) is 5.69 Å². The number of nitro benzene ring substituents is 2. The molecule has 0 atom stereocenters. The topological polar surface area (TPSA) is 163 Å². The molecule has 15 heteroatoms. The van der Waals surface area contributed by atoms with Crippen LogP contribution in [0.2, 0.25) is 18.1 Å². The van der Waals surface area contributed by atoms with Crippen LogP contribution in [0.5, 0.6) is 0 Å². The van der Waals surface area contributed by atoms with Crippen LogP contribution < -0.4 is 5.32 Å². The zero-order chi connectivity index (χ0) is 30.6. The molecule has 1 rings (SSSR count). The largest absolute Gasteiger partial charge is 0.414 e. The van der Waals surface area contributed by atoms with E-state index in [0.717, 1.165) is 6.07 Å². The fourth-order valence-corrected chi connectivity index (χ4v) is 3.99. The molecular formula is C26H47N3O11Si. The Balaban J connectivity index is 1.85. The number of anilines is 1. The molecule has 0 aliphatic carbocycles. The molecule has 0 fully saturated rings. The Morgan fingerprint density at radius 2 is 1.10 bits per heavy atom. The molecule has 0 saturated heterocycles. The van der Waals surface area contributed by atoms with Gasteiger partial charge in [-0.15, -0.1) is 0 Å². The lowest BCUT2D eigenvalue weighted by atomic mass is 10.2. The molecule has 1 aromatic rings. The summed E-state index contributed by atoms with van der Waals surface area (Å²) in [4.78, 5) is 20.6. The normalized spacial score (nSPS) is 12.0. The Hall–Kier alpha value is -2.24. The second kappa shape index (κ2) is 20.6. The molecule has 0 unspecified atom stereocenters. The van der Waals surface area contributed by atoms with Crippen molar-refractivity contribution < 1.29 is 42.7 Å². The van der Waals surface area contributed by atoms with Crippen LogP contribution in [0.1, 0.15) is 20.8 Å². The van der Waals surface area contributed by atoms with Gasteiger partial charge in [0.2, 0.25) is 0 Å². The summed E-state index contributed by atoms with van der Waals surface area (Å²) in [6.07, 6.45) is 0. The van der Waals surface area contributed by atoms with Crippen LogP contribution in [0.4, 0.5) is 17.1 Å². The van der Waals surface area contributed by atoms with Gasteiger partial charge in [-0.05, 0) is 24.2 Å². The first-order valence-electron chi connectivity index (χ1n) is 13.7. The number of rotatable bonds is 25. The average molecular weight is 606 g/mol. The van der Waals surface area contributed by atoms with E-state index in [9.17, 15) is 20.2 Å². The number of nitro groups is 2. The van der Waals surface area contributed by atoms with Crippen molar-refractivity contribution in [3.8, 4) is 0 Å². The van der Waals surface area contributed by atoms with E-state index < -0.39 is 18.2 Å². The average Bonchev–Trinajstić information content (AvgIpc) is 2.90. The van der Waals surface area contributed by atoms with Crippen molar-refractivity contribution in [3.05, 3.63) is 38.4 Å². The van der Waals surface area contributed by atoms with E-state index in [4.69, 9.17) is 32.8 Å². The molecular weight excluding hydrogens is 558 g/mol. The number of ether oxygens (including phenoxy) is 6. The number of nitrogens with one attached hydrogen (secondary N) is 1. The van der Waals surface area contributed by atoms with E-state index in [0.29, 0.717) is 85.8 Å². The maximum atomic E-state index is 11.1. The fraction of sp³-hybridized carbons (Fsp3) is 0.769. The lowest BCUT2D eigenvalue weighted by Crippen LogP contribution is -2.41.